The van der Waals surface area contributed by atoms with Crippen molar-refractivity contribution in [3.8, 4) is 11.5 Å². The summed E-state index contributed by atoms with van der Waals surface area (Å²) in [6, 6.07) is 16.3. The summed E-state index contributed by atoms with van der Waals surface area (Å²) >= 11 is 0. The van der Waals surface area contributed by atoms with Crippen molar-refractivity contribution in [1.82, 2.24) is 4.57 Å². The quantitative estimate of drug-likeness (QED) is 0.133. The number of rotatable bonds is 14. The van der Waals surface area contributed by atoms with Gasteiger partial charge in [0.15, 0.2) is 11.6 Å². The second-order valence-electron chi connectivity index (χ2n) is 9.24. The fourth-order valence-electron chi connectivity index (χ4n) is 4.37. The van der Waals surface area contributed by atoms with Gasteiger partial charge in [0, 0.05) is 24.1 Å². The lowest BCUT2D eigenvalue weighted by Gasteiger charge is -2.06. The van der Waals surface area contributed by atoms with E-state index in [1.54, 1.807) is 22.9 Å². The van der Waals surface area contributed by atoms with Crippen molar-refractivity contribution in [2.45, 2.75) is 25.8 Å². The summed E-state index contributed by atoms with van der Waals surface area (Å²) in [7, 11) is 0. The minimum atomic E-state index is -0.961. The molecule has 0 saturated heterocycles. The number of carbonyl (C=O) groups is 2. The first-order valence-electron chi connectivity index (χ1n) is 13.0. The molecule has 0 unspecified atom stereocenters. The lowest BCUT2D eigenvalue weighted by Crippen LogP contribution is -2.07. The summed E-state index contributed by atoms with van der Waals surface area (Å²) < 4.78 is 39.2. The molecule has 7 nitrogen and oxygen atoms in total. The standard InChI is InChI=1S/C32H29F2NO6/c33-25-13-16-29(28(34)19-25)41-18-2-1-17-40-26-14-10-22(11-15-26)9-12-23-5-3-7-27-24(6-4-8-30(36)37)20-35(32(23)27)21-31(38)39/h1-3,5,7,9-16,19-20H,4,6,8,17-18,21H2,(H,36,37)(H,38,39). The molecule has 0 aliphatic carbocycles. The Morgan fingerprint density at radius 1 is 0.878 bits per heavy atom. The van der Waals surface area contributed by atoms with Crippen LogP contribution in [0.15, 0.2) is 79.0 Å². The van der Waals surface area contributed by atoms with Crippen LogP contribution in [-0.4, -0.2) is 39.9 Å². The maximum absolute atomic E-state index is 13.6. The Balaban J connectivity index is 1.37. The Labute approximate surface area is 235 Å². The third-order valence-electron chi connectivity index (χ3n) is 6.23. The van der Waals surface area contributed by atoms with Gasteiger partial charge in [0.1, 0.15) is 31.3 Å². The molecule has 4 rings (SSSR count). The van der Waals surface area contributed by atoms with Crippen LogP contribution in [-0.2, 0) is 22.6 Å². The average Bonchev–Trinajstić information content (AvgIpc) is 3.28. The van der Waals surface area contributed by atoms with E-state index in [4.69, 9.17) is 14.6 Å². The normalized spacial score (nSPS) is 11.5. The van der Waals surface area contributed by atoms with Crippen molar-refractivity contribution in [2.75, 3.05) is 13.2 Å². The van der Waals surface area contributed by atoms with E-state index in [2.05, 4.69) is 0 Å². The van der Waals surface area contributed by atoms with Gasteiger partial charge in [-0.15, -0.1) is 0 Å². The highest BCUT2D eigenvalue weighted by atomic mass is 19.1. The topological polar surface area (TPSA) is 98.0 Å². The van der Waals surface area contributed by atoms with Crippen molar-refractivity contribution in [3.05, 3.63) is 107 Å². The minimum absolute atomic E-state index is 0.0249. The van der Waals surface area contributed by atoms with Crippen molar-refractivity contribution in [3.63, 3.8) is 0 Å². The van der Waals surface area contributed by atoms with Gasteiger partial charge in [-0.25, -0.2) is 8.78 Å². The molecule has 1 heterocycles. The number of benzene rings is 3. The Kier molecular flexibility index (Phi) is 9.88. The van der Waals surface area contributed by atoms with Crippen molar-refractivity contribution < 1.29 is 38.1 Å². The Hall–Kier alpha value is -4.92. The second-order valence-corrected chi connectivity index (χ2v) is 9.24. The number of hydrogen-bond donors (Lipinski definition) is 2. The van der Waals surface area contributed by atoms with Gasteiger partial charge < -0.3 is 24.3 Å². The summed E-state index contributed by atoms with van der Waals surface area (Å²) in [4.78, 5) is 22.4. The third kappa shape index (κ3) is 8.28. The van der Waals surface area contributed by atoms with E-state index in [1.165, 1.54) is 6.07 Å². The van der Waals surface area contributed by atoms with E-state index in [0.29, 0.717) is 18.6 Å². The van der Waals surface area contributed by atoms with Crippen LogP contribution in [0.3, 0.4) is 0 Å². The van der Waals surface area contributed by atoms with Crippen LogP contribution >= 0.6 is 0 Å². The lowest BCUT2D eigenvalue weighted by atomic mass is 10.0. The number of para-hydroxylation sites is 1. The summed E-state index contributed by atoms with van der Waals surface area (Å²) in [6.07, 6.45) is 10.1. The number of carboxylic acid groups (broad SMARTS) is 2. The van der Waals surface area contributed by atoms with Crippen LogP contribution in [0.25, 0.3) is 23.1 Å². The maximum atomic E-state index is 13.6. The Morgan fingerprint density at radius 3 is 2.34 bits per heavy atom. The molecule has 0 aliphatic heterocycles. The fourth-order valence-corrected chi connectivity index (χ4v) is 4.37. The maximum Gasteiger partial charge on any atom is 0.323 e. The molecule has 41 heavy (non-hydrogen) atoms. The van der Waals surface area contributed by atoms with Crippen LogP contribution in [0.2, 0.25) is 0 Å². The number of halogens is 2. The first-order valence-corrected chi connectivity index (χ1v) is 13.0. The number of aryl methyl sites for hydroxylation is 1. The highest BCUT2D eigenvalue weighted by Gasteiger charge is 2.13. The molecule has 0 saturated carbocycles. The van der Waals surface area contributed by atoms with Crippen molar-refractivity contribution in [1.29, 1.82) is 0 Å². The van der Waals surface area contributed by atoms with Gasteiger partial charge in [0.25, 0.3) is 0 Å². The van der Waals surface area contributed by atoms with E-state index in [0.717, 1.165) is 39.7 Å². The molecule has 0 radical (unpaired) electrons. The molecule has 212 valence electrons. The smallest absolute Gasteiger partial charge is 0.323 e. The van der Waals surface area contributed by atoms with E-state index in [9.17, 15) is 23.5 Å². The largest absolute Gasteiger partial charge is 0.490 e. The number of aromatic nitrogens is 1. The molecular weight excluding hydrogens is 532 g/mol. The molecule has 0 aliphatic rings. The molecule has 0 spiro atoms. The number of aliphatic carboxylic acids is 2. The predicted molar refractivity (Wildman–Crippen MR) is 152 cm³/mol. The molecule has 0 atom stereocenters. The van der Waals surface area contributed by atoms with E-state index in [-0.39, 0.29) is 31.9 Å². The molecule has 0 bridgehead atoms. The number of carboxylic acids is 2. The monoisotopic (exact) mass is 561 g/mol. The van der Waals surface area contributed by atoms with Gasteiger partial charge in [-0.3, -0.25) is 9.59 Å². The van der Waals surface area contributed by atoms with Gasteiger partial charge in [-0.2, -0.15) is 0 Å². The summed E-state index contributed by atoms with van der Waals surface area (Å²) in [5, 5.41) is 19.3. The van der Waals surface area contributed by atoms with Crippen molar-refractivity contribution >= 4 is 35.0 Å². The van der Waals surface area contributed by atoms with E-state index in [1.807, 2.05) is 54.6 Å². The van der Waals surface area contributed by atoms with E-state index < -0.39 is 23.6 Å². The number of ether oxygens (including phenoxy) is 2. The van der Waals surface area contributed by atoms with Crippen LogP contribution in [0, 0.1) is 11.6 Å². The molecule has 0 amide bonds. The first kappa shape index (κ1) is 29.1. The Bertz CT molecular complexity index is 1570. The Morgan fingerprint density at radius 2 is 1.63 bits per heavy atom. The van der Waals surface area contributed by atoms with Gasteiger partial charge in [-0.1, -0.05) is 42.5 Å². The van der Waals surface area contributed by atoms with Crippen LogP contribution < -0.4 is 9.47 Å². The third-order valence-corrected chi connectivity index (χ3v) is 6.23. The van der Waals surface area contributed by atoms with Crippen molar-refractivity contribution in [2.24, 2.45) is 0 Å². The van der Waals surface area contributed by atoms with Gasteiger partial charge in [0.05, 0.1) is 5.52 Å². The molecule has 9 heteroatoms. The minimum Gasteiger partial charge on any atom is -0.490 e. The number of fused-ring (bicyclic) bond motifs is 1. The van der Waals surface area contributed by atoms with E-state index >= 15 is 0 Å². The number of hydrogen-bond acceptors (Lipinski definition) is 4. The van der Waals surface area contributed by atoms with Crippen LogP contribution in [0.4, 0.5) is 8.78 Å². The zero-order chi connectivity index (χ0) is 29.2. The highest BCUT2D eigenvalue weighted by Crippen LogP contribution is 2.28. The molecular formula is C32H29F2NO6. The second kappa shape index (κ2) is 13.9. The molecule has 1 aromatic heterocycles. The molecule has 4 aromatic rings. The van der Waals surface area contributed by atoms with Crippen LogP contribution in [0.1, 0.15) is 29.5 Å². The van der Waals surface area contributed by atoms with Gasteiger partial charge in [-0.05, 0) is 65.9 Å². The van der Waals surface area contributed by atoms with Gasteiger partial charge in [0.2, 0.25) is 0 Å². The summed E-state index contributed by atoms with van der Waals surface area (Å²) in [6.45, 7) is 0.194. The molecule has 3 aromatic carbocycles. The lowest BCUT2D eigenvalue weighted by molar-refractivity contribution is -0.138. The zero-order valence-corrected chi connectivity index (χ0v) is 22.1. The highest BCUT2D eigenvalue weighted by molar-refractivity contribution is 5.94. The average molecular weight is 562 g/mol. The summed E-state index contributed by atoms with van der Waals surface area (Å²) in [5.41, 5.74) is 3.47. The molecule has 0 fully saturated rings. The van der Waals surface area contributed by atoms with Gasteiger partial charge >= 0.3 is 11.9 Å². The first-order chi connectivity index (χ1) is 19.8. The SMILES string of the molecule is O=C(O)CCCc1cn(CC(=O)O)c2c(C=Cc3ccc(OCC=CCOc4ccc(F)cc4F)cc3)cccc12. The predicted octanol–water partition coefficient (Wildman–Crippen LogP) is 6.60. The molecule has 2 N–H and O–H groups in total. The number of nitrogens with zero attached hydrogens (tertiary/aromatic N) is 1. The van der Waals surface area contributed by atoms with Crippen LogP contribution in [0.5, 0.6) is 11.5 Å². The zero-order valence-electron chi connectivity index (χ0n) is 22.1. The fraction of sp³-hybridized carbons (Fsp3) is 0.188. The summed E-state index contributed by atoms with van der Waals surface area (Å²) in [5.74, 6) is -2.61.